The fourth-order valence-electron chi connectivity index (χ4n) is 4.12. The monoisotopic (exact) mass is 433 g/mol. The van der Waals surface area contributed by atoms with E-state index in [1.165, 1.54) is 11.1 Å². The Morgan fingerprint density at radius 2 is 1.97 bits per heavy atom. The minimum atomic E-state index is -0.405. The second-order valence-corrected chi connectivity index (χ2v) is 7.78. The number of rotatable bonds is 7. The molecule has 1 fully saturated rings. The number of hydrogen-bond donors (Lipinski definition) is 2. The van der Waals surface area contributed by atoms with Crippen molar-refractivity contribution in [2.45, 2.75) is 45.2 Å². The molecule has 1 aliphatic rings. The molecule has 2 heterocycles. The number of imidazole rings is 1. The van der Waals surface area contributed by atoms with E-state index in [4.69, 9.17) is 9.47 Å². The minimum absolute atomic E-state index is 0.0480. The molecule has 0 amide bonds. The van der Waals surface area contributed by atoms with Crippen molar-refractivity contribution in [2.75, 3.05) is 13.2 Å². The molecule has 168 valence electrons. The van der Waals surface area contributed by atoms with E-state index in [1.54, 1.807) is 6.20 Å². The molecule has 0 radical (unpaired) electrons. The van der Waals surface area contributed by atoms with Crippen LogP contribution in [0.15, 0.2) is 65.6 Å². The molecule has 0 saturated carbocycles. The highest BCUT2D eigenvalue weighted by molar-refractivity contribution is 5.25. The van der Waals surface area contributed by atoms with Crippen LogP contribution in [0.25, 0.3) is 0 Å². The molecule has 6 heteroatoms. The van der Waals surface area contributed by atoms with Gasteiger partial charge in [-0.15, -0.1) is 12.8 Å². The number of hydrogen-bond acceptors (Lipinski definition) is 4. The average Bonchev–Trinajstić information content (AvgIpc) is 3.24. The van der Waals surface area contributed by atoms with Crippen LogP contribution in [0.2, 0.25) is 0 Å². The zero-order chi connectivity index (χ0) is 22.9. The van der Waals surface area contributed by atoms with Gasteiger partial charge in [-0.05, 0) is 24.5 Å². The van der Waals surface area contributed by atoms with Crippen molar-refractivity contribution in [3.8, 4) is 12.8 Å². The van der Waals surface area contributed by atoms with Crippen molar-refractivity contribution in [1.82, 2.24) is 14.9 Å². The topological polar surface area (TPSA) is 70.3 Å². The van der Waals surface area contributed by atoms with Crippen molar-refractivity contribution < 1.29 is 9.47 Å². The fourth-order valence-corrected chi connectivity index (χ4v) is 4.12. The van der Waals surface area contributed by atoms with Gasteiger partial charge in [-0.3, -0.25) is 4.90 Å². The highest BCUT2D eigenvalue weighted by Gasteiger charge is 2.36. The van der Waals surface area contributed by atoms with Gasteiger partial charge in [0.1, 0.15) is 0 Å². The molecule has 1 saturated heterocycles. The van der Waals surface area contributed by atoms with Gasteiger partial charge in [0.15, 0.2) is 6.29 Å². The first-order valence-corrected chi connectivity index (χ1v) is 10.9. The predicted molar refractivity (Wildman–Crippen MR) is 126 cm³/mol. The van der Waals surface area contributed by atoms with Gasteiger partial charge < -0.3 is 19.4 Å². The van der Waals surface area contributed by atoms with E-state index < -0.39 is 6.29 Å². The van der Waals surface area contributed by atoms with E-state index in [-0.39, 0.29) is 17.8 Å². The van der Waals surface area contributed by atoms with E-state index >= 15 is 0 Å². The molecule has 1 aromatic heterocycles. The van der Waals surface area contributed by atoms with Gasteiger partial charge in [-0.1, -0.05) is 67.1 Å². The molecule has 32 heavy (non-hydrogen) atoms. The van der Waals surface area contributed by atoms with Crippen molar-refractivity contribution in [3.05, 3.63) is 93.7 Å². The average molecular weight is 434 g/mol. The van der Waals surface area contributed by atoms with Gasteiger partial charge in [0.05, 0.1) is 18.8 Å². The summed E-state index contributed by atoms with van der Waals surface area (Å²) < 4.78 is 12.7. The number of terminal acetylenes is 1. The lowest BCUT2D eigenvalue weighted by Crippen LogP contribution is -2.46. The molecule has 3 aromatic rings. The summed E-state index contributed by atoms with van der Waals surface area (Å²) in [7, 11) is 0. The number of nitrogens with zero attached hydrogens (tertiary/aromatic N) is 1. The third kappa shape index (κ3) is 5.77. The molecular weight excluding hydrogens is 402 g/mol. The highest BCUT2D eigenvalue weighted by atomic mass is 16.7. The van der Waals surface area contributed by atoms with Crippen molar-refractivity contribution in [3.63, 3.8) is 0 Å². The standard InChI is InChI=1S/C24H29N3O3.C2H2/c1-3-21(19-11-7-8-17(2)14-19)30-23-22(18-9-5-4-6-10-18)27(12-13-29-23)16-20-15-25-24(28)26-20;1-2/h4-11,14-15,21-23H,3,12-13,16H2,1-2H3,(H2,25,26,28);1-2H. The largest absolute Gasteiger partial charge is 0.349 e. The maximum Gasteiger partial charge on any atom is 0.323 e. The van der Waals surface area contributed by atoms with E-state index in [0.29, 0.717) is 13.2 Å². The van der Waals surface area contributed by atoms with Crippen LogP contribution in [-0.2, 0) is 16.0 Å². The summed E-state index contributed by atoms with van der Waals surface area (Å²) in [5.41, 5.74) is 4.19. The van der Waals surface area contributed by atoms with Crippen LogP contribution in [-0.4, -0.2) is 34.3 Å². The van der Waals surface area contributed by atoms with Crippen LogP contribution in [0.1, 0.15) is 47.9 Å². The highest BCUT2D eigenvalue weighted by Crippen LogP contribution is 2.35. The van der Waals surface area contributed by atoms with Gasteiger partial charge in [0.2, 0.25) is 0 Å². The lowest BCUT2D eigenvalue weighted by atomic mass is 10.0. The predicted octanol–water partition coefficient (Wildman–Crippen LogP) is 4.33. The summed E-state index contributed by atoms with van der Waals surface area (Å²) in [4.78, 5) is 19.4. The van der Waals surface area contributed by atoms with E-state index in [1.807, 2.05) is 18.2 Å². The first-order chi connectivity index (χ1) is 15.6. The lowest BCUT2D eigenvalue weighted by Gasteiger charge is -2.42. The first-order valence-electron chi connectivity index (χ1n) is 10.9. The Kier molecular flexibility index (Phi) is 8.46. The zero-order valence-electron chi connectivity index (χ0n) is 18.7. The van der Waals surface area contributed by atoms with Crippen LogP contribution >= 0.6 is 0 Å². The molecule has 3 unspecified atom stereocenters. The number of H-pyrrole nitrogens is 2. The Bertz CT molecular complexity index is 1040. The quantitative estimate of drug-likeness (QED) is 0.544. The maximum atomic E-state index is 11.5. The normalized spacial score (nSPS) is 19.6. The summed E-state index contributed by atoms with van der Waals surface area (Å²) in [6, 6.07) is 18.7. The van der Waals surface area contributed by atoms with E-state index in [9.17, 15) is 4.79 Å². The number of aromatic nitrogens is 2. The zero-order valence-corrected chi connectivity index (χ0v) is 18.7. The van der Waals surface area contributed by atoms with E-state index in [2.05, 4.69) is 78.0 Å². The van der Waals surface area contributed by atoms with Gasteiger partial charge in [-0.25, -0.2) is 4.79 Å². The number of aryl methyl sites for hydroxylation is 1. The van der Waals surface area contributed by atoms with Crippen LogP contribution in [0, 0.1) is 19.8 Å². The number of ether oxygens (including phenoxy) is 2. The molecular formula is C26H31N3O3. The maximum absolute atomic E-state index is 11.5. The number of benzene rings is 2. The second kappa shape index (κ2) is 11.5. The number of morpholine rings is 1. The van der Waals surface area contributed by atoms with Gasteiger partial charge in [0, 0.05) is 25.0 Å². The van der Waals surface area contributed by atoms with Crippen molar-refractivity contribution in [1.29, 1.82) is 0 Å². The Labute approximate surface area is 189 Å². The van der Waals surface area contributed by atoms with Crippen molar-refractivity contribution in [2.24, 2.45) is 0 Å². The van der Waals surface area contributed by atoms with Gasteiger partial charge in [-0.2, -0.15) is 0 Å². The summed E-state index contributed by atoms with van der Waals surface area (Å²) in [6.45, 7) is 6.18. The van der Waals surface area contributed by atoms with Crippen LogP contribution < -0.4 is 5.69 Å². The summed E-state index contributed by atoms with van der Waals surface area (Å²) in [5, 5.41) is 0. The molecule has 1 aliphatic heterocycles. The fraction of sp³-hybridized carbons (Fsp3) is 0.346. The van der Waals surface area contributed by atoms with Crippen LogP contribution in [0.3, 0.4) is 0 Å². The Morgan fingerprint density at radius 1 is 1.19 bits per heavy atom. The first kappa shape index (κ1) is 23.6. The van der Waals surface area contributed by atoms with Crippen LogP contribution in [0.4, 0.5) is 0 Å². The third-order valence-electron chi connectivity index (χ3n) is 5.56. The molecule has 0 bridgehead atoms. The third-order valence-corrected chi connectivity index (χ3v) is 5.56. The summed E-state index contributed by atoms with van der Waals surface area (Å²) in [6.07, 6.45) is 10.1. The molecule has 4 rings (SSSR count). The number of nitrogens with one attached hydrogen (secondary N) is 2. The summed E-state index contributed by atoms with van der Waals surface area (Å²) in [5.74, 6) is 0. The second-order valence-electron chi connectivity index (χ2n) is 7.78. The van der Waals surface area contributed by atoms with Gasteiger partial charge >= 0.3 is 5.69 Å². The van der Waals surface area contributed by atoms with Crippen LogP contribution in [0.5, 0.6) is 0 Å². The minimum Gasteiger partial charge on any atom is -0.349 e. The summed E-state index contributed by atoms with van der Waals surface area (Å²) >= 11 is 0. The molecule has 2 N–H and O–H groups in total. The molecule has 0 aliphatic carbocycles. The Morgan fingerprint density at radius 3 is 2.62 bits per heavy atom. The molecule has 6 nitrogen and oxygen atoms in total. The van der Waals surface area contributed by atoms with Crippen molar-refractivity contribution >= 4 is 0 Å². The van der Waals surface area contributed by atoms with Gasteiger partial charge in [0.25, 0.3) is 0 Å². The number of aromatic amines is 2. The molecule has 0 spiro atoms. The molecule has 3 atom stereocenters. The smallest absolute Gasteiger partial charge is 0.323 e. The SMILES string of the molecule is C#C.CCC(OC1OCCN(Cc2c[nH]c(=O)[nH]2)C1c1ccccc1)c1cccc(C)c1. The molecule has 2 aromatic carbocycles. The Hall–Kier alpha value is -3.11. The lowest BCUT2D eigenvalue weighted by molar-refractivity contribution is -0.234. The Balaban J connectivity index is 0.00000141. The van der Waals surface area contributed by atoms with E-state index in [0.717, 1.165) is 24.2 Å².